The largest absolute Gasteiger partial charge is 0.375 e. The molecule has 7 heteroatoms. The van der Waals surface area contributed by atoms with Crippen LogP contribution in [0.3, 0.4) is 0 Å². The third-order valence-electron chi connectivity index (χ3n) is 7.93. The first-order valence-electron chi connectivity index (χ1n) is 12.8. The van der Waals surface area contributed by atoms with Crippen molar-refractivity contribution < 1.29 is 9.53 Å². The van der Waals surface area contributed by atoms with Crippen LogP contribution in [0.4, 0.5) is 5.95 Å². The van der Waals surface area contributed by atoms with E-state index < -0.39 is 0 Å². The minimum Gasteiger partial charge on any atom is -0.375 e. The number of nitrogens with zero attached hydrogens (tertiary/aromatic N) is 2. The van der Waals surface area contributed by atoms with Crippen LogP contribution in [-0.2, 0) is 21.4 Å². The lowest BCUT2D eigenvalue weighted by Gasteiger charge is -2.43. The van der Waals surface area contributed by atoms with Gasteiger partial charge in [0.05, 0.1) is 16.9 Å². The maximum atomic E-state index is 14.5. The number of nitrogens with one attached hydrogen (secondary N) is 2. The normalized spacial score (nSPS) is 22.5. The first-order chi connectivity index (χ1) is 16.3. The third kappa shape index (κ3) is 4.04. The molecule has 1 aromatic carbocycles. The van der Waals surface area contributed by atoms with Crippen molar-refractivity contribution in [1.82, 2.24) is 15.0 Å². The molecule has 3 aliphatic rings. The van der Waals surface area contributed by atoms with Gasteiger partial charge in [0.25, 0.3) is 5.56 Å². The summed E-state index contributed by atoms with van der Waals surface area (Å²) in [5.41, 5.74) is 9.26. The number of hydrogen-bond donors (Lipinski definition) is 2. The molecular weight excluding hydrogens is 428 g/mol. The van der Waals surface area contributed by atoms with Crippen molar-refractivity contribution >= 4 is 11.9 Å². The molecule has 1 aromatic heterocycles. The Labute approximate surface area is 201 Å². The molecule has 2 fully saturated rings. The van der Waals surface area contributed by atoms with Gasteiger partial charge in [0, 0.05) is 30.0 Å². The zero-order valence-corrected chi connectivity index (χ0v) is 20.6. The fourth-order valence-corrected chi connectivity index (χ4v) is 6.28. The van der Waals surface area contributed by atoms with E-state index in [-0.39, 0.29) is 28.5 Å². The fraction of sp³-hybridized carbons (Fsp3) is 0.593. The zero-order valence-electron chi connectivity index (χ0n) is 20.6. The number of fused-ring (bicyclic) bond motifs is 4. The molecular formula is C27H36N4O3. The van der Waals surface area contributed by atoms with E-state index in [9.17, 15) is 9.59 Å². The van der Waals surface area contributed by atoms with Gasteiger partial charge in [-0.05, 0) is 51.5 Å². The van der Waals surface area contributed by atoms with Crippen molar-refractivity contribution in [3.63, 3.8) is 0 Å². The Bertz CT molecular complexity index is 1150. The van der Waals surface area contributed by atoms with Crippen molar-refractivity contribution in [2.75, 3.05) is 12.0 Å². The smallest absolute Gasteiger partial charge is 0.259 e. The fourth-order valence-electron chi connectivity index (χ4n) is 6.28. The first kappa shape index (κ1) is 23.1. The van der Waals surface area contributed by atoms with Crippen molar-refractivity contribution in [2.24, 2.45) is 0 Å². The molecule has 2 aliphatic carbocycles. The van der Waals surface area contributed by atoms with Gasteiger partial charge in [0.2, 0.25) is 11.9 Å². The Morgan fingerprint density at radius 1 is 1.21 bits per heavy atom. The molecule has 1 aliphatic heterocycles. The van der Waals surface area contributed by atoms with Gasteiger partial charge in [-0.25, -0.2) is 4.98 Å². The first-order valence-corrected chi connectivity index (χ1v) is 12.8. The lowest BCUT2D eigenvalue weighted by Crippen LogP contribution is -2.46. The Balaban J connectivity index is 1.72. The second-order valence-corrected chi connectivity index (χ2v) is 10.8. The molecule has 0 radical (unpaired) electrons. The summed E-state index contributed by atoms with van der Waals surface area (Å²) < 4.78 is 7.78. The number of anilines is 1. The van der Waals surface area contributed by atoms with Crippen LogP contribution in [0.2, 0.25) is 0 Å². The average Bonchev–Trinajstić information content (AvgIpc) is 2.82. The highest BCUT2D eigenvalue weighted by atomic mass is 16.5. The molecule has 2 aromatic rings. The molecule has 5 rings (SSSR count). The molecule has 7 nitrogen and oxygen atoms in total. The molecule has 1 saturated carbocycles. The Morgan fingerprint density at radius 2 is 1.97 bits per heavy atom. The standard InChI is InChI=1S/C27H36N4O3/c1-4-21(32)29-30-25-28-23-20-11-7-6-10-18(20)16-27(13-8-5-9-14-27)22(23)24(33)31(25)19-12-15-34-26(2,3)17-19/h6-7,10-11,19H,4-5,8-9,12-17H2,1-3H3,(H,28,30)(H,29,32)/t19-/m1/s1. The second-order valence-electron chi connectivity index (χ2n) is 10.8. The number of hydrogen-bond acceptors (Lipinski definition) is 5. The van der Waals surface area contributed by atoms with Gasteiger partial charge >= 0.3 is 0 Å². The molecule has 34 heavy (non-hydrogen) atoms. The van der Waals surface area contributed by atoms with Gasteiger partial charge < -0.3 is 4.74 Å². The SMILES string of the molecule is CCC(=O)NNc1nc2c(c(=O)n1[C@@H]1CCOC(C)(C)C1)C1(CCCCC1)Cc1ccccc1-2. The summed E-state index contributed by atoms with van der Waals surface area (Å²) in [5, 5.41) is 0. The minimum absolute atomic E-state index is 0.0392. The van der Waals surface area contributed by atoms with Crippen LogP contribution in [0.15, 0.2) is 29.1 Å². The molecule has 2 heterocycles. The predicted octanol–water partition coefficient (Wildman–Crippen LogP) is 4.65. The number of hydrazine groups is 1. The maximum absolute atomic E-state index is 14.5. The van der Waals surface area contributed by atoms with E-state index in [1.807, 2.05) is 10.6 Å². The minimum atomic E-state index is -0.322. The van der Waals surface area contributed by atoms with Gasteiger partial charge in [-0.15, -0.1) is 0 Å². The molecule has 1 amide bonds. The Hall–Kier alpha value is -2.67. The number of amides is 1. The van der Waals surface area contributed by atoms with E-state index in [0.29, 0.717) is 25.4 Å². The maximum Gasteiger partial charge on any atom is 0.259 e. The summed E-state index contributed by atoms with van der Waals surface area (Å²) in [4.78, 5) is 31.6. The highest BCUT2D eigenvalue weighted by molar-refractivity contribution is 5.77. The molecule has 1 saturated heterocycles. The van der Waals surface area contributed by atoms with E-state index in [2.05, 4.69) is 42.9 Å². The summed E-state index contributed by atoms with van der Waals surface area (Å²) in [7, 11) is 0. The summed E-state index contributed by atoms with van der Waals surface area (Å²) in [6.07, 6.45) is 8.22. The lowest BCUT2D eigenvalue weighted by atomic mass is 9.62. The number of carbonyl (C=O) groups is 1. The summed E-state index contributed by atoms with van der Waals surface area (Å²) in [6, 6.07) is 8.29. The average molecular weight is 465 g/mol. The van der Waals surface area contributed by atoms with Gasteiger partial charge in [-0.2, -0.15) is 0 Å². The van der Waals surface area contributed by atoms with Crippen LogP contribution >= 0.6 is 0 Å². The summed E-state index contributed by atoms with van der Waals surface area (Å²) in [6.45, 7) is 6.53. The van der Waals surface area contributed by atoms with E-state index in [1.165, 1.54) is 12.0 Å². The lowest BCUT2D eigenvalue weighted by molar-refractivity contribution is -0.120. The number of rotatable bonds is 4. The van der Waals surface area contributed by atoms with E-state index >= 15 is 0 Å². The van der Waals surface area contributed by atoms with Gasteiger partial charge in [-0.3, -0.25) is 25.0 Å². The predicted molar refractivity (Wildman–Crippen MR) is 133 cm³/mol. The molecule has 0 bridgehead atoms. The van der Waals surface area contributed by atoms with Crippen LogP contribution in [0.1, 0.15) is 89.3 Å². The van der Waals surface area contributed by atoms with Crippen molar-refractivity contribution in [3.05, 3.63) is 45.7 Å². The van der Waals surface area contributed by atoms with Gasteiger partial charge in [0.15, 0.2) is 0 Å². The topological polar surface area (TPSA) is 85.3 Å². The molecule has 182 valence electrons. The van der Waals surface area contributed by atoms with Crippen LogP contribution in [0.25, 0.3) is 11.3 Å². The van der Waals surface area contributed by atoms with E-state index in [4.69, 9.17) is 9.72 Å². The number of ether oxygens (including phenoxy) is 1. The number of benzene rings is 1. The van der Waals surface area contributed by atoms with Crippen LogP contribution < -0.4 is 16.4 Å². The van der Waals surface area contributed by atoms with Crippen molar-refractivity contribution in [1.29, 1.82) is 0 Å². The van der Waals surface area contributed by atoms with E-state index in [1.54, 1.807) is 6.92 Å². The summed E-state index contributed by atoms with van der Waals surface area (Å²) in [5.74, 6) is 0.269. The quantitative estimate of drug-likeness (QED) is 0.644. The van der Waals surface area contributed by atoms with Crippen molar-refractivity contribution in [3.8, 4) is 11.3 Å². The van der Waals surface area contributed by atoms with Crippen LogP contribution in [-0.4, -0.2) is 27.7 Å². The van der Waals surface area contributed by atoms with Crippen LogP contribution in [0, 0.1) is 0 Å². The van der Waals surface area contributed by atoms with Crippen molar-refractivity contribution in [2.45, 2.75) is 95.6 Å². The molecule has 1 spiro atoms. The Kier molecular flexibility index (Phi) is 6.00. The van der Waals surface area contributed by atoms with Crippen LogP contribution in [0.5, 0.6) is 0 Å². The third-order valence-corrected chi connectivity index (χ3v) is 7.93. The van der Waals surface area contributed by atoms with Gasteiger partial charge in [-0.1, -0.05) is 50.5 Å². The molecule has 0 unspecified atom stereocenters. The Morgan fingerprint density at radius 3 is 2.71 bits per heavy atom. The summed E-state index contributed by atoms with van der Waals surface area (Å²) >= 11 is 0. The second kappa shape index (κ2) is 8.84. The monoisotopic (exact) mass is 464 g/mol. The highest BCUT2D eigenvalue weighted by Crippen LogP contribution is 2.49. The zero-order chi connectivity index (χ0) is 23.9. The number of aromatic nitrogens is 2. The highest BCUT2D eigenvalue weighted by Gasteiger charge is 2.44. The molecule has 2 N–H and O–H groups in total. The molecule has 1 atom stereocenters. The number of carbonyl (C=O) groups excluding carboxylic acids is 1. The van der Waals surface area contributed by atoms with Gasteiger partial charge in [0.1, 0.15) is 0 Å². The van der Waals surface area contributed by atoms with E-state index in [0.717, 1.165) is 55.3 Å².